The van der Waals surface area contributed by atoms with Gasteiger partial charge in [-0.3, -0.25) is 9.52 Å². The Labute approximate surface area is 139 Å². The summed E-state index contributed by atoms with van der Waals surface area (Å²) in [6.45, 7) is 2.25. The van der Waals surface area contributed by atoms with Crippen molar-refractivity contribution in [1.82, 2.24) is 5.32 Å². The van der Waals surface area contributed by atoms with Gasteiger partial charge in [0.15, 0.2) is 0 Å². The van der Waals surface area contributed by atoms with E-state index in [0.29, 0.717) is 28.4 Å². The highest BCUT2D eigenvalue weighted by molar-refractivity contribution is 7.92. The summed E-state index contributed by atoms with van der Waals surface area (Å²) in [5.74, 6) is -0.189. The lowest BCUT2D eigenvalue weighted by atomic mass is 10.00. The average molecular weight is 351 g/mol. The Balaban J connectivity index is 1.97. The van der Waals surface area contributed by atoms with Crippen molar-refractivity contribution in [3.63, 3.8) is 0 Å². The molecule has 7 heteroatoms. The van der Waals surface area contributed by atoms with Crippen LogP contribution in [0.4, 0.5) is 5.69 Å². The Kier molecular flexibility index (Phi) is 4.04. The van der Waals surface area contributed by atoms with Crippen LogP contribution in [0.5, 0.6) is 0 Å². The summed E-state index contributed by atoms with van der Waals surface area (Å²) < 4.78 is 27.6. The average Bonchev–Trinajstić information content (AvgIpc) is 2.50. The molecule has 0 aliphatic carbocycles. The number of carbonyl (C=O) groups excluding carboxylic acids is 1. The molecule has 120 valence electrons. The van der Waals surface area contributed by atoms with Crippen molar-refractivity contribution < 1.29 is 13.2 Å². The highest BCUT2D eigenvalue weighted by Gasteiger charge is 2.21. The van der Waals surface area contributed by atoms with Crippen LogP contribution in [0.25, 0.3) is 0 Å². The minimum Gasteiger partial charge on any atom is -0.352 e. The fourth-order valence-electron chi connectivity index (χ4n) is 2.56. The number of halogens is 1. The van der Waals surface area contributed by atoms with E-state index in [0.717, 1.165) is 12.0 Å². The van der Waals surface area contributed by atoms with E-state index in [1.165, 1.54) is 6.07 Å². The molecule has 2 N–H and O–H groups in total. The van der Waals surface area contributed by atoms with Gasteiger partial charge in [-0.25, -0.2) is 8.42 Å². The van der Waals surface area contributed by atoms with Crippen LogP contribution in [-0.4, -0.2) is 20.9 Å². The number of amides is 1. The summed E-state index contributed by atoms with van der Waals surface area (Å²) in [4.78, 5) is 12.0. The third-order valence-corrected chi connectivity index (χ3v) is 5.73. The highest BCUT2D eigenvalue weighted by Crippen LogP contribution is 2.26. The van der Waals surface area contributed by atoms with Crippen molar-refractivity contribution in [1.29, 1.82) is 0 Å². The van der Waals surface area contributed by atoms with Crippen molar-refractivity contribution >= 4 is 33.2 Å². The van der Waals surface area contributed by atoms with E-state index in [1.54, 1.807) is 37.3 Å². The van der Waals surface area contributed by atoms with Gasteiger partial charge in [0, 0.05) is 22.8 Å². The molecule has 0 saturated heterocycles. The molecule has 1 aliphatic heterocycles. The van der Waals surface area contributed by atoms with Crippen LogP contribution in [0.15, 0.2) is 41.3 Å². The van der Waals surface area contributed by atoms with E-state index in [9.17, 15) is 13.2 Å². The maximum atomic E-state index is 12.6. The summed E-state index contributed by atoms with van der Waals surface area (Å²) in [5.41, 5.74) is 2.24. The number of anilines is 1. The number of hydrogen-bond acceptors (Lipinski definition) is 3. The molecule has 1 heterocycles. The zero-order valence-electron chi connectivity index (χ0n) is 12.4. The number of hydrogen-bond donors (Lipinski definition) is 2. The Morgan fingerprint density at radius 1 is 1.22 bits per heavy atom. The Morgan fingerprint density at radius 3 is 2.78 bits per heavy atom. The molecule has 2 aromatic rings. The van der Waals surface area contributed by atoms with Crippen LogP contribution in [0, 0.1) is 6.92 Å². The lowest BCUT2D eigenvalue weighted by Gasteiger charge is -2.18. The fraction of sp³-hybridized carbons (Fsp3) is 0.188. The Hall–Kier alpha value is -2.05. The van der Waals surface area contributed by atoms with Crippen molar-refractivity contribution in [2.24, 2.45) is 0 Å². The third-order valence-electron chi connectivity index (χ3n) is 3.79. The molecule has 1 aliphatic rings. The summed E-state index contributed by atoms with van der Waals surface area (Å²) in [5, 5.41) is 3.13. The fourth-order valence-corrected chi connectivity index (χ4v) is 4.11. The molecule has 5 nitrogen and oxygen atoms in total. The lowest BCUT2D eigenvalue weighted by Crippen LogP contribution is -2.31. The topological polar surface area (TPSA) is 75.3 Å². The summed E-state index contributed by atoms with van der Waals surface area (Å²) in [6, 6.07) is 9.71. The van der Waals surface area contributed by atoms with Gasteiger partial charge in [0.2, 0.25) is 0 Å². The van der Waals surface area contributed by atoms with E-state index >= 15 is 0 Å². The molecule has 0 fully saturated rings. The van der Waals surface area contributed by atoms with Crippen LogP contribution >= 0.6 is 11.6 Å². The van der Waals surface area contributed by atoms with E-state index in [4.69, 9.17) is 11.6 Å². The first-order valence-corrected chi connectivity index (χ1v) is 8.93. The van der Waals surface area contributed by atoms with Crippen molar-refractivity contribution in [3.8, 4) is 0 Å². The van der Waals surface area contributed by atoms with Gasteiger partial charge in [0.05, 0.1) is 4.90 Å². The smallest absolute Gasteiger partial charge is 0.262 e. The molecule has 23 heavy (non-hydrogen) atoms. The van der Waals surface area contributed by atoms with E-state index in [1.807, 2.05) is 0 Å². The van der Waals surface area contributed by atoms with Crippen LogP contribution in [-0.2, 0) is 16.4 Å². The van der Waals surface area contributed by atoms with Crippen molar-refractivity contribution in [2.75, 3.05) is 11.3 Å². The molecular weight excluding hydrogens is 336 g/mol. The molecule has 2 aromatic carbocycles. The maximum Gasteiger partial charge on any atom is 0.262 e. The molecule has 0 atom stereocenters. The zero-order chi connectivity index (χ0) is 16.6. The maximum absolute atomic E-state index is 12.6. The molecule has 0 unspecified atom stereocenters. The SMILES string of the molecule is Cc1c(Cl)cccc1S(=O)(=O)Nc1ccc2c(c1)C(=O)NCC2. The van der Waals surface area contributed by atoms with Gasteiger partial charge in [-0.1, -0.05) is 23.7 Å². The van der Waals surface area contributed by atoms with Crippen molar-refractivity contribution in [2.45, 2.75) is 18.2 Å². The normalized spacial score (nSPS) is 14.1. The lowest BCUT2D eigenvalue weighted by molar-refractivity contribution is 0.0946. The summed E-state index contributed by atoms with van der Waals surface area (Å²) >= 11 is 5.99. The Morgan fingerprint density at radius 2 is 2.00 bits per heavy atom. The van der Waals surface area contributed by atoms with Gasteiger partial charge < -0.3 is 5.32 Å². The highest BCUT2D eigenvalue weighted by atomic mass is 35.5. The second-order valence-corrected chi connectivity index (χ2v) is 7.40. The number of rotatable bonds is 3. The monoisotopic (exact) mass is 350 g/mol. The molecule has 0 aromatic heterocycles. The number of nitrogens with one attached hydrogen (secondary N) is 2. The third kappa shape index (κ3) is 3.04. The van der Waals surface area contributed by atoms with Gasteiger partial charge in [0.25, 0.3) is 15.9 Å². The molecule has 1 amide bonds. The summed E-state index contributed by atoms with van der Waals surface area (Å²) in [6.07, 6.45) is 0.738. The van der Waals surface area contributed by atoms with Crippen LogP contribution < -0.4 is 10.0 Å². The first-order valence-electron chi connectivity index (χ1n) is 7.07. The number of benzene rings is 2. The zero-order valence-corrected chi connectivity index (χ0v) is 14.0. The number of sulfonamides is 1. The quantitative estimate of drug-likeness (QED) is 0.893. The van der Waals surface area contributed by atoms with E-state index in [2.05, 4.69) is 10.0 Å². The number of fused-ring (bicyclic) bond motifs is 1. The molecule has 3 rings (SSSR count). The first kappa shape index (κ1) is 15.8. The predicted octanol–water partition coefficient (Wildman–Crippen LogP) is 2.74. The van der Waals surface area contributed by atoms with Gasteiger partial charge in [-0.15, -0.1) is 0 Å². The Bertz CT molecular complexity index is 894. The molecule has 0 radical (unpaired) electrons. The minimum absolute atomic E-state index is 0.118. The first-order chi connectivity index (χ1) is 10.9. The van der Waals surface area contributed by atoms with Gasteiger partial charge in [-0.2, -0.15) is 0 Å². The molecule has 0 spiro atoms. The number of carbonyl (C=O) groups is 1. The van der Waals surface area contributed by atoms with E-state index < -0.39 is 10.0 Å². The van der Waals surface area contributed by atoms with Crippen LogP contribution in [0.3, 0.4) is 0 Å². The minimum atomic E-state index is -3.78. The van der Waals surface area contributed by atoms with E-state index in [-0.39, 0.29) is 10.8 Å². The largest absolute Gasteiger partial charge is 0.352 e. The van der Waals surface area contributed by atoms with Crippen LogP contribution in [0.2, 0.25) is 5.02 Å². The summed E-state index contributed by atoms with van der Waals surface area (Å²) in [7, 11) is -3.78. The predicted molar refractivity (Wildman–Crippen MR) is 89.5 cm³/mol. The van der Waals surface area contributed by atoms with Gasteiger partial charge in [-0.05, 0) is 48.7 Å². The van der Waals surface area contributed by atoms with Crippen LogP contribution in [0.1, 0.15) is 21.5 Å². The standard InChI is InChI=1S/C16H15ClN2O3S/c1-10-14(17)3-2-4-15(10)23(21,22)19-12-6-5-11-7-8-18-16(20)13(11)9-12/h2-6,9,19H,7-8H2,1H3,(H,18,20). The molecular formula is C16H15ClN2O3S. The molecule has 0 saturated carbocycles. The van der Waals surface area contributed by atoms with Gasteiger partial charge >= 0.3 is 0 Å². The second-order valence-electron chi connectivity index (χ2n) is 5.35. The van der Waals surface area contributed by atoms with Gasteiger partial charge in [0.1, 0.15) is 0 Å². The van der Waals surface area contributed by atoms with Crippen molar-refractivity contribution in [3.05, 3.63) is 58.1 Å². The second kappa shape index (κ2) is 5.86. The molecule has 0 bridgehead atoms.